The van der Waals surface area contributed by atoms with E-state index < -0.39 is 122 Å². The van der Waals surface area contributed by atoms with Gasteiger partial charge in [-0.1, -0.05) is 36.4 Å². The van der Waals surface area contributed by atoms with E-state index in [0.717, 1.165) is 0 Å². The van der Waals surface area contributed by atoms with Gasteiger partial charge in [0.25, 0.3) is 0 Å². The van der Waals surface area contributed by atoms with Crippen LogP contribution in [0.2, 0.25) is 0 Å². The summed E-state index contributed by atoms with van der Waals surface area (Å²) >= 11 is 0. The Morgan fingerprint density at radius 1 is 0.725 bits per heavy atom. The number of carbonyl (C=O) groups is 2. The van der Waals surface area contributed by atoms with E-state index in [2.05, 4.69) is 0 Å². The number of ether oxygens (including phenoxy) is 8. The highest BCUT2D eigenvalue weighted by Crippen LogP contribution is 2.61. The number of benzene rings is 2. The number of rotatable bonds is 10. The van der Waals surface area contributed by atoms with Crippen LogP contribution in [-0.4, -0.2) is 141 Å². The summed E-state index contributed by atoms with van der Waals surface area (Å²) in [6.07, 6.45) is -14.4. The van der Waals surface area contributed by atoms with Crippen LogP contribution in [0.5, 0.6) is 0 Å². The monoisotopic (exact) mass is 716 g/mol. The van der Waals surface area contributed by atoms with Gasteiger partial charge in [0.2, 0.25) is 6.29 Å². The molecular formula is C35H40O16. The summed E-state index contributed by atoms with van der Waals surface area (Å²) in [5.41, 5.74) is -0.817. The maximum absolute atomic E-state index is 13.2. The Kier molecular flexibility index (Phi) is 10.2. The van der Waals surface area contributed by atoms with Gasteiger partial charge in [0.15, 0.2) is 24.8 Å². The van der Waals surface area contributed by atoms with Crippen molar-refractivity contribution >= 4 is 11.9 Å². The van der Waals surface area contributed by atoms with E-state index in [1.807, 2.05) is 0 Å². The quantitative estimate of drug-likeness (QED) is 0.128. The van der Waals surface area contributed by atoms with E-state index in [9.17, 15) is 40.2 Å². The SMILES string of the molecule is C[C@H]1O[C@@H](O[C@H]2C3C=COC(O[C@@H]4O[C@H](CO)[C@@H](O)[C@H](O)[C@H]4O)C3[C@@]3(CO)O[C@@H]23)[C@@H](O)[C@H](OC(=O)c2ccccc2)[C@H]1OC(=O)c1ccccc1. The second kappa shape index (κ2) is 14.5. The summed E-state index contributed by atoms with van der Waals surface area (Å²) in [4.78, 5) is 26.3. The Bertz CT molecular complexity index is 1560. The number of epoxide rings is 1. The minimum Gasteiger partial charge on any atom is -0.472 e. The summed E-state index contributed by atoms with van der Waals surface area (Å²) in [5, 5.41) is 62.8. The average Bonchev–Trinajstić information content (AvgIpc) is 3.83. The summed E-state index contributed by atoms with van der Waals surface area (Å²) in [5.74, 6) is -2.87. The minimum absolute atomic E-state index is 0.199. The molecule has 1 aliphatic carbocycles. The molecule has 51 heavy (non-hydrogen) atoms. The Labute approximate surface area is 291 Å². The zero-order chi connectivity index (χ0) is 36.0. The highest BCUT2D eigenvalue weighted by molar-refractivity contribution is 5.90. The number of esters is 2. The Balaban J connectivity index is 1.11. The third kappa shape index (κ3) is 6.55. The molecule has 16 atom stereocenters. The van der Waals surface area contributed by atoms with E-state index in [4.69, 9.17) is 37.9 Å². The molecule has 4 heterocycles. The first-order valence-electron chi connectivity index (χ1n) is 16.7. The topological polar surface area (TPSA) is 233 Å². The lowest BCUT2D eigenvalue weighted by atomic mass is 9.85. The predicted octanol–water partition coefficient (Wildman–Crippen LogP) is -1.01. The number of aliphatic hydroxyl groups excluding tert-OH is 6. The lowest BCUT2D eigenvalue weighted by Crippen LogP contribution is -2.61. The van der Waals surface area contributed by atoms with Crippen LogP contribution in [0.1, 0.15) is 27.6 Å². The molecule has 0 bridgehead atoms. The highest BCUT2D eigenvalue weighted by Gasteiger charge is 2.77. The molecule has 0 spiro atoms. The van der Waals surface area contributed by atoms with Crippen molar-refractivity contribution < 1.29 is 78.1 Å². The van der Waals surface area contributed by atoms with Crippen molar-refractivity contribution in [1.82, 2.24) is 0 Å². The predicted molar refractivity (Wildman–Crippen MR) is 167 cm³/mol. The number of aliphatic hydroxyl groups is 6. The fourth-order valence-corrected chi connectivity index (χ4v) is 7.39. The molecule has 0 amide bonds. The van der Waals surface area contributed by atoms with Gasteiger partial charge in [-0.2, -0.15) is 0 Å². The maximum Gasteiger partial charge on any atom is 0.338 e. The number of fused-ring (bicyclic) bond motifs is 3. The molecule has 0 radical (unpaired) electrons. The normalized spacial score (nSPS) is 42.6. The molecule has 16 heteroatoms. The van der Waals surface area contributed by atoms with Crippen molar-refractivity contribution in [2.24, 2.45) is 11.8 Å². The van der Waals surface area contributed by atoms with Gasteiger partial charge in [0.1, 0.15) is 42.2 Å². The smallest absolute Gasteiger partial charge is 0.338 e. The molecule has 4 fully saturated rings. The van der Waals surface area contributed by atoms with Crippen molar-refractivity contribution in [3.05, 3.63) is 84.1 Å². The lowest BCUT2D eigenvalue weighted by Gasteiger charge is -2.44. The second-order valence-electron chi connectivity index (χ2n) is 13.2. The Morgan fingerprint density at radius 3 is 1.94 bits per heavy atom. The Hall–Kier alpha value is -3.52. The first-order valence-corrected chi connectivity index (χ1v) is 16.7. The molecule has 0 aromatic heterocycles. The van der Waals surface area contributed by atoms with Crippen LogP contribution in [0.3, 0.4) is 0 Å². The zero-order valence-electron chi connectivity index (χ0n) is 27.3. The molecule has 2 aromatic carbocycles. The van der Waals surface area contributed by atoms with Crippen molar-refractivity contribution in [3.8, 4) is 0 Å². The molecule has 16 nitrogen and oxygen atoms in total. The van der Waals surface area contributed by atoms with Crippen molar-refractivity contribution in [2.75, 3.05) is 13.2 Å². The lowest BCUT2D eigenvalue weighted by molar-refractivity contribution is -0.346. The molecule has 7 rings (SSSR count). The second-order valence-corrected chi connectivity index (χ2v) is 13.2. The van der Waals surface area contributed by atoms with Crippen LogP contribution in [0.4, 0.5) is 0 Å². The molecule has 4 aliphatic heterocycles. The molecular weight excluding hydrogens is 676 g/mol. The number of carbonyl (C=O) groups excluding carboxylic acids is 2. The summed E-state index contributed by atoms with van der Waals surface area (Å²) in [6, 6.07) is 16.3. The molecule has 5 aliphatic rings. The fourth-order valence-electron chi connectivity index (χ4n) is 7.39. The maximum atomic E-state index is 13.2. The summed E-state index contributed by atoms with van der Waals surface area (Å²) in [6.45, 7) is 0.417. The van der Waals surface area contributed by atoms with Crippen molar-refractivity contribution in [3.63, 3.8) is 0 Å². The highest BCUT2D eigenvalue weighted by atomic mass is 16.8. The zero-order valence-corrected chi connectivity index (χ0v) is 27.3. The van der Waals surface area contributed by atoms with Gasteiger partial charge < -0.3 is 68.5 Å². The van der Waals surface area contributed by atoms with Gasteiger partial charge in [-0.3, -0.25) is 0 Å². The van der Waals surface area contributed by atoms with Crippen LogP contribution in [0, 0.1) is 11.8 Å². The molecule has 3 unspecified atom stereocenters. The van der Waals surface area contributed by atoms with Gasteiger partial charge in [0.05, 0.1) is 48.7 Å². The average molecular weight is 717 g/mol. The number of hydrogen-bond donors (Lipinski definition) is 6. The fraction of sp³-hybridized carbons (Fsp3) is 0.543. The Morgan fingerprint density at radius 2 is 1.33 bits per heavy atom. The van der Waals surface area contributed by atoms with E-state index in [0.29, 0.717) is 0 Å². The third-order valence-electron chi connectivity index (χ3n) is 10.1. The van der Waals surface area contributed by atoms with Gasteiger partial charge in [-0.15, -0.1) is 0 Å². The molecule has 276 valence electrons. The third-order valence-corrected chi connectivity index (χ3v) is 10.1. The van der Waals surface area contributed by atoms with E-state index >= 15 is 0 Å². The first kappa shape index (κ1) is 35.9. The van der Waals surface area contributed by atoms with Crippen LogP contribution in [0.15, 0.2) is 73.0 Å². The van der Waals surface area contributed by atoms with Gasteiger partial charge in [-0.05, 0) is 37.3 Å². The van der Waals surface area contributed by atoms with Crippen LogP contribution in [-0.2, 0) is 37.9 Å². The van der Waals surface area contributed by atoms with Crippen LogP contribution in [0.25, 0.3) is 0 Å². The first-order chi connectivity index (χ1) is 24.6. The van der Waals surface area contributed by atoms with E-state index in [1.165, 1.54) is 18.4 Å². The van der Waals surface area contributed by atoms with Crippen molar-refractivity contribution in [1.29, 1.82) is 0 Å². The molecule has 1 saturated carbocycles. The molecule has 6 N–H and O–H groups in total. The van der Waals surface area contributed by atoms with Gasteiger partial charge >= 0.3 is 11.9 Å². The van der Waals surface area contributed by atoms with E-state index in [1.54, 1.807) is 61.5 Å². The molecule has 2 aromatic rings. The minimum atomic E-state index is -1.71. The summed E-state index contributed by atoms with van der Waals surface area (Å²) < 4.78 is 47.2. The number of hydrogen-bond acceptors (Lipinski definition) is 16. The van der Waals surface area contributed by atoms with Crippen LogP contribution >= 0.6 is 0 Å². The molecule has 3 saturated heterocycles. The largest absolute Gasteiger partial charge is 0.472 e. The van der Waals surface area contributed by atoms with Crippen LogP contribution < -0.4 is 0 Å². The standard InChI is InChI=1S/C35H40O16/c1-16-26(47-30(42)17-8-4-2-5-9-17)28(48-31(43)18-10-6-3-7-11-18)25(41)34(45-16)49-27-19-12-13-44-32(21(19)35(15-37)29(27)51-35)50-33-24(40)23(39)22(38)20(14-36)46-33/h2-13,16,19-29,32-34,36-41H,14-15H2,1H3/t16-,19?,20-,21?,22-,23+,24-,25+,26+,27+,28+,29+,32?,33+,34+,35-/m1/s1. The van der Waals surface area contributed by atoms with Crippen molar-refractivity contribution in [2.45, 2.75) is 92.4 Å². The van der Waals surface area contributed by atoms with Gasteiger partial charge in [-0.25, -0.2) is 9.59 Å². The summed E-state index contributed by atoms with van der Waals surface area (Å²) in [7, 11) is 0. The van der Waals surface area contributed by atoms with E-state index in [-0.39, 0.29) is 11.1 Å². The van der Waals surface area contributed by atoms with Gasteiger partial charge in [0, 0.05) is 5.92 Å².